The highest BCUT2D eigenvalue weighted by Gasteiger charge is 2.36. The van der Waals surface area contributed by atoms with E-state index < -0.39 is 10.2 Å². The van der Waals surface area contributed by atoms with Crippen LogP contribution in [0, 0.1) is 6.92 Å². The minimum absolute atomic E-state index is 0.222. The van der Waals surface area contributed by atoms with Gasteiger partial charge in [0.2, 0.25) is 0 Å². The summed E-state index contributed by atoms with van der Waals surface area (Å²) in [5.74, 6) is 1.50. The van der Waals surface area contributed by atoms with Crippen LogP contribution < -0.4 is 4.72 Å². The molecule has 0 aliphatic carbocycles. The summed E-state index contributed by atoms with van der Waals surface area (Å²) in [6, 6.07) is 3.50. The fourth-order valence-electron chi connectivity index (χ4n) is 2.77. The molecule has 120 valence electrons. The fraction of sp³-hybridized carbons (Fsp3) is 0.500. The van der Waals surface area contributed by atoms with Gasteiger partial charge in [-0.05, 0) is 31.9 Å². The summed E-state index contributed by atoms with van der Waals surface area (Å²) in [5.41, 5.74) is 0.829. The van der Waals surface area contributed by atoms with Crippen LogP contribution in [0.25, 0.3) is 0 Å². The summed E-state index contributed by atoms with van der Waals surface area (Å²) in [4.78, 5) is 0. The van der Waals surface area contributed by atoms with Crippen molar-refractivity contribution in [3.05, 3.63) is 41.6 Å². The van der Waals surface area contributed by atoms with E-state index in [9.17, 15) is 8.42 Å². The molecule has 2 aromatic rings. The molecule has 0 saturated carbocycles. The molecule has 2 aromatic heterocycles. The second-order valence-corrected chi connectivity index (χ2v) is 7.27. The van der Waals surface area contributed by atoms with Gasteiger partial charge in [0.25, 0.3) is 10.2 Å². The lowest BCUT2D eigenvalue weighted by atomic mass is 10.2. The zero-order valence-electron chi connectivity index (χ0n) is 12.7. The van der Waals surface area contributed by atoms with E-state index in [0.29, 0.717) is 12.3 Å². The minimum atomic E-state index is -3.55. The average Bonchev–Trinajstić information content (AvgIpc) is 3.16. The Morgan fingerprint density at radius 3 is 2.91 bits per heavy atom. The highest BCUT2D eigenvalue weighted by Crippen LogP contribution is 2.34. The third-order valence-corrected chi connectivity index (χ3v) is 5.38. The number of aromatic nitrogens is 2. The molecule has 8 heteroatoms. The van der Waals surface area contributed by atoms with Gasteiger partial charge in [0, 0.05) is 31.9 Å². The standard InChI is InChI=1S/C14H20N4O3S/c1-11-5-6-14(21-11)13-4-3-7-18(13)22(19,20)16-9-12-8-15-17(2)10-12/h5-6,8,10,13,16H,3-4,7,9H2,1-2H3/t13-/m1/s1. The first kappa shape index (κ1) is 15.3. The molecule has 0 bridgehead atoms. The van der Waals surface area contributed by atoms with Crippen molar-refractivity contribution in [1.82, 2.24) is 18.8 Å². The maximum absolute atomic E-state index is 12.5. The maximum atomic E-state index is 12.5. The molecule has 1 N–H and O–H groups in total. The molecule has 1 atom stereocenters. The van der Waals surface area contributed by atoms with Crippen molar-refractivity contribution in [3.8, 4) is 0 Å². The van der Waals surface area contributed by atoms with Crippen molar-refractivity contribution in [1.29, 1.82) is 0 Å². The second-order valence-electron chi connectivity index (χ2n) is 5.57. The predicted octanol–water partition coefficient (Wildman–Crippen LogP) is 1.49. The van der Waals surface area contributed by atoms with E-state index in [1.54, 1.807) is 24.1 Å². The van der Waals surface area contributed by atoms with Gasteiger partial charge in [-0.25, -0.2) is 0 Å². The summed E-state index contributed by atoms with van der Waals surface area (Å²) in [5, 5.41) is 4.03. The van der Waals surface area contributed by atoms with Crippen molar-refractivity contribution in [3.63, 3.8) is 0 Å². The predicted molar refractivity (Wildman–Crippen MR) is 81.1 cm³/mol. The topological polar surface area (TPSA) is 80.4 Å². The van der Waals surface area contributed by atoms with Crippen LogP contribution in [0.4, 0.5) is 0 Å². The first-order chi connectivity index (χ1) is 10.5. The lowest BCUT2D eigenvalue weighted by molar-refractivity contribution is 0.330. The number of nitrogens with zero attached hydrogens (tertiary/aromatic N) is 3. The van der Waals surface area contributed by atoms with Crippen LogP contribution >= 0.6 is 0 Å². The normalized spacial score (nSPS) is 19.8. The Morgan fingerprint density at radius 1 is 1.45 bits per heavy atom. The van der Waals surface area contributed by atoms with Crippen LogP contribution in [0.15, 0.2) is 28.9 Å². The van der Waals surface area contributed by atoms with E-state index >= 15 is 0 Å². The van der Waals surface area contributed by atoms with Crippen molar-refractivity contribution >= 4 is 10.2 Å². The van der Waals surface area contributed by atoms with Gasteiger partial charge in [0.15, 0.2) is 0 Å². The number of hydrogen-bond donors (Lipinski definition) is 1. The van der Waals surface area contributed by atoms with E-state index in [4.69, 9.17) is 4.42 Å². The zero-order chi connectivity index (χ0) is 15.7. The van der Waals surface area contributed by atoms with Crippen LogP contribution in [-0.4, -0.2) is 29.0 Å². The summed E-state index contributed by atoms with van der Waals surface area (Å²) < 4.78 is 36.5. The van der Waals surface area contributed by atoms with Gasteiger partial charge >= 0.3 is 0 Å². The van der Waals surface area contributed by atoms with Crippen LogP contribution in [0.1, 0.15) is 36.0 Å². The minimum Gasteiger partial charge on any atom is -0.465 e. The van der Waals surface area contributed by atoms with Gasteiger partial charge in [-0.2, -0.15) is 22.5 Å². The third-order valence-electron chi connectivity index (χ3n) is 3.82. The van der Waals surface area contributed by atoms with Crippen molar-refractivity contribution in [2.24, 2.45) is 7.05 Å². The molecule has 3 heterocycles. The maximum Gasteiger partial charge on any atom is 0.280 e. The van der Waals surface area contributed by atoms with Gasteiger partial charge in [-0.15, -0.1) is 0 Å². The Morgan fingerprint density at radius 2 is 2.27 bits per heavy atom. The number of aryl methyl sites for hydroxylation is 2. The Balaban J connectivity index is 1.73. The molecule has 0 radical (unpaired) electrons. The van der Waals surface area contributed by atoms with Gasteiger partial charge in [0.1, 0.15) is 11.5 Å². The van der Waals surface area contributed by atoms with E-state index in [2.05, 4.69) is 9.82 Å². The largest absolute Gasteiger partial charge is 0.465 e. The van der Waals surface area contributed by atoms with E-state index in [1.165, 1.54) is 4.31 Å². The second kappa shape index (κ2) is 5.86. The molecule has 1 aliphatic heterocycles. The fourth-order valence-corrected chi connectivity index (χ4v) is 4.19. The Bertz CT molecular complexity index is 750. The smallest absolute Gasteiger partial charge is 0.280 e. The Labute approximate surface area is 130 Å². The van der Waals surface area contributed by atoms with Crippen LogP contribution in [0.3, 0.4) is 0 Å². The number of hydrogen-bond acceptors (Lipinski definition) is 4. The summed E-state index contributed by atoms with van der Waals surface area (Å²) in [6.07, 6.45) is 5.05. The SMILES string of the molecule is Cc1ccc([C@H]2CCCN2S(=O)(=O)NCc2cnn(C)c2)o1. The number of furan rings is 1. The highest BCUT2D eigenvalue weighted by molar-refractivity contribution is 7.87. The lowest BCUT2D eigenvalue weighted by Crippen LogP contribution is -2.39. The molecule has 1 saturated heterocycles. The Kier molecular flexibility index (Phi) is 4.07. The zero-order valence-corrected chi connectivity index (χ0v) is 13.5. The van der Waals surface area contributed by atoms with Gasteiger partial charge < -0.3 is 4.42 Å². The lowest BCUT2D eigenvalue weighted by Gasteiger charge is -2.22. The van der Waals surface area contributed by atoms with E-state index in [0.717, 1.165) is 24.2 Å². The number of rotatable bonds is 5. The quantitative estimate of drug-likeness (QED) is 0.903. The van der Waals surface area contributed by atoms with E-state index in [-0.39, 0.29) is 12.6 Å². The van der Waals surface area contributed by atoms with Crippen LogP contribution in [0.5, 0.6) is 0 Å². The van der Waals surface area contributed by atoms with Crippen LogP contribution in [-0.2, 0) is 23.8 Å². The molecule has 0 spiro atoms. The number of nitrogens with one attached hydrogen (secondary N) is 1. The van der Waals surface area contributed by atoms with E-state index in [1.807, 2.05) is 19.1 Å². The summed E-state index contributed by atoms with van der Waals surface area (Å²) >= 11 is 0. The monoisotopic (exact) mass is 324 g/mol. The molecule has 0 amide bonds. The van der Waals surface area contributed by atoms with Crippen LogP contribution in [0.2, 0.25) is 0 Å². The van der Waals surface area contributed by atoms with Gasteiger partial charge in [-0.3, -0.25) is 4.68 Å². The molecule has 1 aliphatic rings. The first-order valence-corrected chi connectivity index (χ1v) is 8.70. The summed E-state index contributed by atoms with van der Waals surface area (Å²) in [7, 11) is -1.75. The molecule has 3 rings (SSSR count). The molecule has 0 aromatic carbocycles. The van der Waals surface area contributed by atoms with Crippen molar-refractivity contribution in [2.75, 3.05) is 6.54 Å². The molecular weight excluding hydrogens is 304 g/mol. The van der Waals surface area contributed by atoms with Crippen molar-refractivity contribution in [2.45, 2.75) is 32.4 Å². The highest BCUT2D eigenvalue weighted by atomic mass is 32.2. The Hall–Kier alpha value is -1.64. The molecule has 0 unspecified atom stereocenters. The van der Waals surface area contributed by atoms with Gasteiger partial charge in [-0.1, -0.05) is 0 Å². The molecule has 7 nitrogen and oxygen atoms in total. The summed E-state index contributed by atoms with van der Waals surface area (Å²) in [6.45, 7) is 2.60. The third kappa shape index (κ3) is 3.08. The molecule has 1 fully saturated rings. The molecular formula is C14H20N4O3S. The van der Waals surface area contributed by atoms with Gasteiger partial charge in [0.05, 0.1) is 12.2 Å². The molecule has 22 heavy (non-hydrogen) atoms. The average molecular weight is 324 g/mol. The van der Waals surface area contributed by atoms with Crippen molar-refractivity contribution < 1.29 is 12.8 Å². The first-order valence-electron chi connectivity index (χ1n) is 7.26.